The smallest absolute Gasteiger partial charge is 0.0475 e. The summed E-state index contributed by atoms with van der Waals surface area (Å²) in [6.45, 7) is 1.51. The lowest BCUT2D eigenvalue weighted by atomic mass is 9.88. The highest BCUT2D eigenvalue weighted by Crippen LogP contribution is 2.29. The molecule has 0 atom stereocenters. The Kier molecular flexibility index (Phi) is 7.68. The molecule has 0 N–H and O–H groups in total. The second-order valence-corrected chi connectivity index (χ2v) is 7.94. The molecule has 1 nitrogen and oxygen atoms in total. The van der Waals surface area contributed by atoms with Gasteiger partial charge in [0.1, 0.15) is 0 Å². The zero-order valence-electron chi connectivity index (χ0n) is 17.9. The van der Waals surface area contributed by atoms with Gasteiger partial charge in [-0.1, -0.05) is 121 Å². The van der Waals surface area contributed by atoms with Crippen LogP contribution < -0.4 is 0 Å². The minimum absolute atomic E-state index is 0.362. The maximum atomic E-state index is 6.18. The summed E-state index contributed by atoms with van der Waals surface area (Å²) >= 11 is 0. The number of ether oxygens (including phenoxy) is 1. The van der Waals surface area contributed by atoms with Gasteiger partial charge in [-0.15, -0.1) is 0 Å². The summed E-state index contributed by atoms with van der Waals surface area (Å²) in [5.41, 5.74) is 5.40. The first-order chi connectivity index (χ1) is 15.4. The first-order valence-corrected chi connectivity index (χ1v) is 11.2. The summed E-state index contributed by atoms with van der Waals surface area (Å²) in [5.74, 6) is 0.725. The van der Waals surface area contributed by atoms with E-state index in [0.717, 1.165) is 26.1 Å². The predicted octanol–water partition coefficient (Wildman–Crippen LogP) is 7.45. The van der Waals surface area contributed by atoms with Crippen LogP contribution in [-0.2, 0) is 4.74 Å². The van der Waals surface area contributed by atoms with Crippen molar-refractivity contribution in [3.63, 3.8) is 0 Å². The molecule has 0 spiro atoms. The van der Waals surface area contributed by atoms with Gasteiger partial charge in [-0.2, -0.15) is 0 Å². The molecule has 31 heavy (non-hydrogen) atoms. The molecular formula is C30H30O. The molecule has 156 valence electrons. The van der Waals surface area contributed by atoms with E-state index in [2.05, 4.69) is 121 Å². The Labute approximate surface area is 186 Å². The molecule has 0 aliphatic rings. The van der Waals surface area contributed by atoms with E-state index >= 15 is 0 Å². The van der Waals surface area contributed by atoms with Gasteiger partial charge >= 0.3 is 0 Å². The molecule has 0 radical (unpaired) electrons. The largest absolute Gasteiger partial charge is 0.381 e. The van der Waals surface area contributed by atoms with Crippen LogP contribution >= 0.6 is 0 Å². The van der Waals surface area contributed by atoms with Gasteiger partial charge in [0.2, 0.25) is 0 Å². The van der Waals surface area contributed by atoms with Crippen molar-refractivity contribution in [1.29, 1.82) is 0 Å². The molecule has 1 heteroatoms. The SMILES string of the molecule is c1ccc(C(CCOCCC(c2ccccc2)c2ccccc2)c2ccccc2)cc1. The fourth-order valence-electron chi connectivity index (χ4n) is 4.30. The van der Waals surface area contributed by atoms with Crippen LogP contribution in [0, 0.1) is 0 Å². The van der Waals surface area contributed by atoms with E-state index in [1.165, 1.54) is 22.3 Å². The van der Waals surface area contributed by atoms with Gasteiger partial charge in [0.15, 0.2) is 0 Å². The molecule has 0 aliphatic carbocycles. The van der Waals surface area contributed by atoms with Crippen molar-refractivity contribution >= 4 is 0 Å². The number of hydrogen-bond donors (Lipinski definition) is 0. The number of hydrogen-bond acceptors (Lipinski definition) is 1. The molecule has 0 aromatic heterocycles. The van der Waals surface area contributed by atoms with Gasteiger partial charge < -0.3 is 4.74 Å². The summed E-state index contributed by atoms with van der Waals surface area (Å²) in [7, 11) is 0. The third kappa shape index (κ3) is 5.93. The lowest BCUT2D eigenvalue weighted by Crippen LogP contribution is -2.09. The Hall–Kier alpha value is -3.16. The fraction of sp³-hybridized carbons (Fsp3) is 0.200. The first kappa shape index (κ1) is 21.1. The Balaban J connectivity index is 1.37. The molecule has 0 heterocycles. The molecule has 0 unspecified atom stereocenters. The van der Waals surface area contributed by atoms with Crippen LogP contribution in [0.2, 0.25) is 0 Å². The second-order valence-electron chi connectivity index (χ2n) is 7.94. The minimum atomic E-state index is 0.362. The third-order valence-corrected chi connectivity index (χ3v) is 5.91. The van der Waals surface area contributed by atoms with E-state index in [9.17, 15) is 0 Å². The molecule has 0 aliphatic heterocycles. The zero-order chi connectivity index (χ0) is 21.1. The number of benzene rings is 4. The normalized spacial score (nSPS) is 11.2. The van der Waals surface area contributed by atoms with Crippen molar-refractivity contribution in [3.05, 3.63) is 144 Å². The molecule has 4 rings (SSSR count). The van der Waals surface area contributed by atoms with Crippen LogP contribution in [0.5, 0.6) is 0 Å². The van der Waals surface area contributed by atoms with E-state index in [1.54, 1.807) is 0 Å². The van der Waals surface area contributed by atoms with Crippen molar-refractivity contribution in [3.8, 4) is 0 Å². The van der Waals surface area contributed by atoms with Gasteiger partial charge in [0, 0.05) is 25.0 Å². The van der Waals surface area contributed by atoms with E-state index in [4.69, 9.17) is 4.74 Å². The molecule has 0 fully saturated rings. The highest BCUT2D eigenvalue weighted by atomic mass is 16.5. The Bertz CT molecular complexity index is 833. The van der Waals surface area contributed by atoms with Crippen molar-refractivity contribution in [2.45, 2.75) is 24.7 Å². The average molecular weight is 407 g/mol. The fourth-order valence-corrected chi connectivity index (χ4v) is 4.30. The minimum Gasteiger partial charge on any atom is -0.381 e. The van der Waals surface area contributed by atoms with Crippen LogP contribution in [0.15, 0.2) is 121 Å². The Morgan fingerprint density at radius 2 is 0.645 bits per heavy atom. The zero-order valence-corrected chi connectivity index (χ0v) is 17.9. The van der Waals surface area contributed by atoms with Crippen molar-refractivity contribution in [1.82, 2.24) is 0 Å². The average Bonchev–Trinajstić information content (AvgIpc) is 2.86. The van der Waals surface area contributed by atoms with E-state index in [0.29, 0.717) is 11.8 Å². The van der Waals surface area contributed by atoms with Gasteiger partial charge in [0.25, 0.3) is 0 Å². The van der Waals surface area contributed by atoms with E-state index in [-0.39, 0.29) is 0 Å². The van der Waals surface area contributed by atoms with E-state index < -0.39 is 0 Å². The summed E-state index contributed by atoms with van der Waals surface area (Å²) in [6, 6.07) is 43.1. The van der Waals surface area contributed by atoms with Gasteiger partial charge in [0.05, 0.1) is 0 Å². The van der Waals surface area contributed by atoms with Crippen LogP contribution in [0.1, 0.15) is 46.9 Å². The lowest BCUT2D eigenvalue weighted by molar-refractivity contribution is 0.124. The van der Waals surface area contributed by atoms with Gasteiger partial charge in [-0.05, 0) is 35.1 Å². The standard InChI is InChI=1S/C30H30O/c1-5-13-25(14-6-1)29(26-15-7-2-8-16-26)21-23-31-24-22-30(27-17-9-3-10-18-27)28-19-11-4-12-20-28/h1-20,29-30H,21-24H2. The predicted molar refractivity (Wildman–Crippen MR) is 130 cm³/mol. The van der Waals surface area contributed by atoms with Crippen molar-refractivity contribution in [2.75, 3.05) is 13.2 Å². The molecule has 4 aromatic carbocycles. The highest BCUT2D eigenvalue weighted by Gasteiger charge is 2.15. The summed E-state index contributed by atoms with van der Waals surface area (Å²) in [4.78, 5) is 0. The highest BCUT2D eigenvalue weighted by molar-refractivity contribution is 5.33. The first-order valence-electron chi connectivity index (χ1n) is 11.2. The van der Waals surface area contributed by atoms with Crippen LogP contribution in [0.4, 0.5) is 0 Å². The molecule has 0 bridgehead atoms. The van der Waals surface area contributed by atoms with Crippen LogP contribution in [0.3, 0.4) is 0 Å². The monoisotopic (exact) mass is 406 g/mol. The van der Waals surface area contributed by atoms with Gasteiger partial charge in [-0.3, -0.25) is 0 Å². The summed E-state index contributed by atoms with van der Waals surface area (Å²) < 4.78 is 6.18. The quantitative estimate of drug-likeness (QED) is 0.249. The van der Waals surface area contributed by atoms with Crippen LogP contribution in [0.25, 0.3) is 0 Å². The maximum absolute atomic E-state index is 6.18. The number of rotatable bonds is 10. The molecule has 0 amide bonds. The molecule has 0 saturated heterocycles. The van der Waals surface area contributed by atoms with Crippen molar-refractivity contribution in [2.24, 2.45) is 0 Å². The lowest BCUT2D eigenvalue weighted by Gasteiger charge is -2.20. The third-order valence-electron chi connectivity index (χ3n) is 5.91. The Morgan fingerprint density at radius 3 is 0.903 bits per heavy atom. The van der Waals surface area contributed by atoms with Crippen LogP contribution in [-0.4, -0.2) is 13.2 Å². The van der Waals surface area contributed by atoms with E-state index in [1.807, 2.05) is 0 Å². The molecular weight excluding hydrogens is 376 g/mol. The summed E-state index contributed by atoms with van der Waals surface area (Å²) in [5, 5.41) is 0. The summed E-state index contributed by atoms with van der Waals surface area (Å²) in [6.07, 6.45) is 1.96. The topological polar surface area (TPSA) is 9.23 Å². The molecule has 4 aromatic rings. The Morgan fingerprint density at radius 1 is 0.387 bits per heavy atom. The van der Waals surface area contributed by atoms with Crippen molar-refractivity contribution < 1.29 is 4.74 Å². The van der Waals surface area contributed by atoms with Gasteiger partial charge in [-0.25, -0.2) is 0 Å². The molecule has 0 saturated carbocycles. The second kappa shape index (κ2) is 11.3. The maximum Gasteiger partial charge on any atom is 0.0475 e.